The van der Waals surface area contributed by atoms with Crippen molar-refractivity contribution >= 4 is 29.0 Å². The molecule has 0 amide bonds. The number of pyridine rings is 1. The molecular weight excluding hydrogens is 257 g/mol. The van der Waals surface area contributed by atoms with E-state index in [9.17, 15) is 4.79 Å². The third-order valence-electron chi connectivity index (χ3n) is 2.32. The Kier molecular flexibility index (Phi) is 3.77. The summed E-state index contributed by atoms with van der Waals surface area (Å²) < 4.78 is 0. The number of Topliss-reactive ketones (excluding diaryl/α,β-unsaturated/α-hetero) is 1. The lowest BCUT2D eigenvalue weighted by Gasteiger charge is -2.04. The summed E-state index contributed by atoms with van der Waals surface area (Å²) in [5.41, 5.74) is 1.15. The molecule has 0 aliphatic rings. The van der Waals surface area contributed by atoms with E-state index in [1.807, 2.05) is 6.07 Å². The fraction of sp³-hybridized carbons (Fsp3) is 0.0769. The maximum absolute atomic E-state index is 12.0. The highest BCUT2D eigenvalue weighted by Gasteiger charge is 2.13. The van der Waals surface area contributed by atoms with Gasteiger partial charge in [0.2, 0.25) is 0 Å². The fourth-order valence-electron chi connectivity index (χ4n) is 1.48. The van der Waals surface area contributed by atoms with Crippen LogP contribution in [0.3, 0.4) is 0 Å². The van der Waals surface area contributed by atoms with Crippen LogP contribution >= 0.6 is 23.2 Å². The average Bonchev–Trinajstić information content (AvgIpc) is 2.34. The first-order valence-electron chi connectivity index (χ1n) is 5.05. The molecule has 17 heavy (non-hydrogen) atoms. The Bertz CT molecular complexity index is 540. The third kappa shape index (κ3) is 2.84. The Morgan fingerprint density at radius 2 is 1.94 bits per heavy atom. The molecule has 0 aliphatic carbocycles. The fourth-order valence-corrected chi connectivity index (χ4v) is 1.89. The van der Waals surface area contributed by atoms with E-state index < -0.39 is 0 Å². The van der Waals surface area contributed by atoms with Gasteiger partial charge in [-0.2, -0.15) is 0 Å². The summed E-state index contributed by atoms with van der Waals surface area (Å²) in [5.74, 6) is -0.0869. The molecular formula is C13H9Cl2NO. The molecule has 0 saturated heterocycles. The molecule has 1 aromatic heterocycles. The molecule has 0 bridgehead atoms. The van der Waals surface area contributed by atoms with Crippen LogP contribution in [0.1, 0.15) is 16.1 Å². The minimum atomic E-state index is -0.0869. The molecule has 1 heterocycles. The van der Waals surface area contributed by atoms with Crippen LogP contribution in [0, 0.1) is 0 Å². The number of benzene rings is 1. The molecule has 2 aromatic rings. The van der Waals surface area contributed by atoms with Gasteiger partial charge in [0.1, 0.15) is 0 Å². The van der Waals surface area contributed by atoms with Gasteiger partial charge in [0.05, 0.1) is 16.5 Å². The second-order valence-corrected chi connectivity index (χ2v) is 4.31. The van der Waals surface area contributed by atoms with Crippen molar-refractivity contribution in [3.05, 3.63) is 63.9 Å². The molecule has 86 valence electrons. The Labute approximate surface area is 109 Å². The monoisotopic (exact) mass is 265 g/mol. The van der Waals surface area contributed by atoms with Gasteiger partial charge < -0.3 is 0 Å². The van der Waals surface area contributed by atoms with Crippen LogP contribution < -0.4 is 0 Å². The number of halogens is 2. The lowest BCUT2D eigenvalue weighted by atomic mass is 10.1. The number of carbonyl (C=O) groups is 1. The van der Waals surface area contributed by atoms with Crippen LogP contribution in [0.5, 0.6) is 0 Å². The van der Waals surface area contributed by atoms with Gasteiger partial charge in [-0.15, -0.1) is 0 Å². The lowest BCUT2D eigenvalue weighted by Crippen LogP contribution is -2.05. The molecule has 1 aromatic carbocycles. The molecule has 4 heteroatoms. The number of ketones is 1. The van der Waals surface area contributed by atoms with Crippen LogP contribution in [-0.4, -0.2) is 10.8 Å². The average molecular weight is 266 g/mol. The van der Waals surface area contributed by atoms with Crippen LogP contribution in [-0.2, 0) is 6.42 Å². The SMILES string of the molecule is O=C(Cc1ccccn1)c1cccc(Cl)c1Cl. The van der Waals surface area contributed by atoms with Crippen LogP contribution in [0.4, 0.5) is 0 Å². The summed E-state index contributed by atoms with van der Waals surface area (Å²) in [6.45, 7) is 0. The highest BCUT2D eigenvalue weighted by Crippen LogP contribution is 2.26. The molecule has 0 saturated carbocycles. The normalized spacial score (nSPS) is 10.2. The van der Waals surface area contributed by atoms with E-state index in [0.29, 0.717) is 21.3 Å². The topological polar surface area (TPSA) is 30.0 Å². The van der Waals surface area contributed by atoms with Crippen molar-refractivity contribution in [1.29, 1.82) is 0 Å². The lowest BCUT2D eigenvalue weighted by molar-refractivity contribution is 0.0992. The predicted octanol–water partition coefficient (Wildman–Crippen LogP) is 3.81. The number of aromatic nitrogens is 1. The van der Waals surface area contributed by atoms with Crippen molar-refractivity contribution in [2.45, 2.75) is 6.42 Å². The van der Waals surface area contributed by atoms with Crippen molar-refractivity contribution < 1.29 is 4.79 Å². The van der Waals surface area contributed by atoms with Gasteiger partial charge in [0, 0.05) is 17.5 Å². The number of nitrogens with zero attached hydrogens (tertiary/aromatic N) is 1. The molecule has 0 N–H and O–H groups in total. The molecule has 0 fully saturated rings. The summed E-state index contributed by atoms with van der Waals surface area (Å²) >= 11 is 11.8. The van der Waals surface area contributed by atoms with Gasteiger partial charge in [-0.1, -0.05) is 35.3 Å². The number of rotatable bonds is 3. The van der Waals surface area contributed by atoms with Gasteiger partial charge in [-0.05, 0) is 24.3 Å². The Morgan fingerprint density at radius 3 is 2.65 bits per heavy atom. The van der Waals surface area contributed by atoms with Gasteiger partial charge in [0.25, 0.3) is 0 Å². The van der Waals surface area contributed by atoms with Gasteiger partial charge in [-0.25, -0.2) is 0 Å². The van der Waals surface area contributed by atoms with E-state index in [0.717, 1.165) is 0 Å². The number of hydrogen-bond acceptors (Lipinski definition) is 2. The summed E-state index contributed by atoms with van der Waals surface area (Å²) in [5, 5.41) is 0.689. The number of carbonyl (C=O) groups excluding carboxylic acids is 1. The molecule has 0 radical (unpaired) electrons. The van der Waals surface area contributed by atoms with Crippen molar-refractivity contribution in [2.24, 2.45) is 0 Å². The van der Waals surface area contributed by atoms with E-state index in [4.69, 9.17) is 23.2 Å². The zero-order valence-electron chi connectivity index (χ0n) is 8.86. The van der Waals surface area contributed by atoms with E-state index in [1.165, 1.54) is 0 Å². The van der Waals surface area contributed by atoms with Gasteiger partial charge >= 0.3 is 0 Å². The van der Waals surface area contributed by atoms with E-state index in [-0.39, 0.29) is 12.2 Å². The maximum atomic E-state index is 12.0. The van der Waals surface area contributed by atoms with Crippen LogP contribution in [0.15, 0.2) is 42.6 Å². The first kappa shape index (κ1) is 12.1. The van der Waals surface area contributed by atoms with E-state index in [2.05, 4.69) is 4.98 Å². The Balaban J connectivity index is 2.24. The van der Waals surface area contributed by atoms with E-state index >= 15 is 0 Å². The summed E-state index contributed by atoms with van der Waals surface area (Å²) in [6.07, 6.45) is 1.88. The molecule has 0 unspecified atom stereocenters. The summed E-state index contributed by atoms with van der Waals surface area (Å²) in [6, 6.07) is 10.5. The number of hydrogen-bond donors (Lipinski definition) is 0. The zero-order valence-corrected chi connectivity index (χ0v) is 10.4. The molecule has 0 atom stereocenters. The molecule has 0 aliphatic heterocycles. The zero-order chi connectivity index (χ0) is 12.3. The second-order valence-electron chi connectivity index (χ2n) is 3.52. The highest BCUT2D eigenvalue weighted by atomic mass is 35.5. The standard InChI is InChI=1S/C13H9Cl2NO/c14-11-6-3-5-10(13(11)15)12(17)8-9-4-1-2-7-16-9/h1-7H,8H2. The van der Waals surface area contributed by atoms with Crippen molar-refractivity contribution in [3.63, 3.8) is 0 Å². The Morgan fingerprint density at radius 1 is 1.12 bits per heavy atom. The summed E-state index contributed by atoms with van der Waals surface area (Å²) in [4.78, 5) is 16.1. The quantitative estimate of drug-likeness (QED) is 0.790. The summed E-state index contributed by atoms with van der Waals surface area (Å²) in [7, 11) is 0. The molecule has 2 rings (SSSR count). The maximum Gasteiger partial charge on any atom is 0.170 e. The van der Waals surface area contributed by atoms with Crippen LogP contribution in [0.25, 0.3) is 0 Å². The smallest absolute Gasteiger partial charge is 0.170 e. The van der Waals surface area contributed by atoms with Crippen molar-refractivity contribution in [3.8, 4) is 0 Å². The highest BCUT2D eigenvalue weighted by molar-refractivity contribution is 6.43. The Hall–Kier alpha value is -1.38. The van der Waals surface area contributed by atoms with Gasteiger partial charge in [0.15, 0.2) is 5.78 Å². The predicted molar refractivity (Wildman–Crippen MR) is 68.7 cm³/mol. The van der Waals surface area contributed by atoms with Crippen molar-refractivity contribution in [1.82, 2.24) is 4.98 Å². The van der Waals surface area contributed by atoms with Crippen molar-refractivity contribution in [2.75, 3.05) is 0 Å². The first-order valence-corrected chi connectivity index (χ1v) is 5.81. The minimum Gasteiger partial charge on any atom is -0.294 e. The van der Waals surface area contributed by atoms with Crippen LogP contribution in [0.2, 0.25) is 10.0 Å². The van der Waals surface area contributed by atoms with E-state index in [1.54, 1.807) is 36.5 Å². The first-order chi connectivity index (χ1) is 8.18. The third-order valence-corrected chi connectivity index (χ3v) is 3.14. The largest absolute Gasteiger partial charge is 0.294 e. The van der Waals surface area contributed by atoms with Gasteiger partial charge in [-0.3, -0.25) is 9.78 Å². The second kappa shape index (κ2) is 5.30. The minimum absolute atomic E-state index is 0.0869. The molecule has 2 nitrogen and oxygen atoms in total. The molecule has 0 spiro atoms.